The largest absolute Gasteiger partial charge is 0.480 e. The molecule has 1 aliphatic rings. The first-order valence-electron chi connectivity index (χ1n) is 8.33. The molecule has 142 valence electrons. The summed E-state index contributed by atoms with van der Waals surface area (Å²) in [6, 6.07) is 9.43. The predicted octanol–water partition coefficient (Wildman–Crippen LogP) is 4.22. The fourth-order valence-corrected chi connectivity index (χ4v) is 3.88. The number of nitrogens with zero attached hydrogens (tertiary/aromatic N) is 1. The third kappa shape index (κ3) is 3.37. The number of hydrogen-bond acceptors (Lipinski definition) is 4. The van der Waals surface area contributed by atoms with Crippen molar-refractivity contribution in [2.75, 3.05) is 25.6 Å². The van der Waals surface area contributed by atoms with E-state index in [0.717, 1.165) is 11.3 Å². The zero-order chi connectivity index (χ0) is 19.9. The molecule has 1 N–H and O–H groups in total. The molecule has 0 bridgehead atoms. The third-order valence-electron chi connectivity index (χ3n) is 4.90. The fraction of sp³-hybridized carbons (Fsp3) is 0.300. The summed E-state index contributed by atoms with van der Waals surface area (Å²) < 4.78 is 5.22. The van der Waals surface area contributed by atoms with Gasteiger partial charge in [-0.3, -0.25) is 4.79 Å². The van der Waals surface area contributed by atoms with Crippen molar-refractivity contribution in [1.82, 2.24) is 0 Å². The summed E-state index contributed by atoms with van der Waals surface area (Å²) in [6.45, 7) is 1.34. The van der Waals surface area contributed by atoms with Crippen LogP contribution >= 0.6 is 23.2 Å². The van der Waals surface area contributed by atoms with Gasteiger partial charge in [0.25, 0.3) is 0 Å². The van der Waals surface area contributed by atoms with E-state index < -0.39 is 18.0 Å². The Labute approximate surface area is 167 Å². The van der Waals surface area contributed by atoms with E-state index in [1.165, 1.54) is 0 Å². The molecule has 1 atom stereocenters. The van der Waals surface area contributed by atoms with Crippen molar-refractivity contribution in [1.29, 1.82) is 0 Å². The standard InChI is InChI=1S/C20H19Cl2NO4/c1-20(12-4-6-13(7-5-12)23(2)3)9-11-8-14(27-10-15(24)25)17(21)18(22)16(11)19(20)26/h4-8H,9-10H2,1-3H3,(H,24,25). The van der Waals surface area contributed by atoms with Crippen LogP contribution < -0.4 is 9.64 Å². The van der Waals surface area contributed by atoms with Crippen LogP contribution in [0.15, 0.2) is 30.3 Å². The summed E-state index contributed by atoms with van der Waals surface area (Å²) in [5.41, 5.74) is 2.23. The number of halogens is 2. The molecule has 27 heavy (non-hydrogen) atoms. The van der Waals surface area contributed by atoms with Gasteiger partial charge in [0.15, 0.2) is 12.4 Å². The average molecular weight is 408 g/mol. The Hall–Kier alpha value is -2.24. The molecule has 2 aromatic carbocycles. The highest BCUT2D eigenvalue weighted by atomic mass is 35.5. The highest BCUT2D eigenvalue weighted by Crippen LogP contribution is 2.47. The summed E-state index contributed by atoms with van der Waals surface area (Å²) in [4.78, 5) is 25.9. The van der Waals surface area contributed by atoms with Crippen molar-refractivity contribution >= 4 is 40.6 Å². The topological polar surface area (TPSA) is 66.8 Å². The molecule has 5 nitrogen and oxygen atoms in total. The molecule has 0 radical (unpaired) electrons. The number of carboxylic acid groups (broad SMARTS) is 1. The first-order valence-corrected chi connectivity index (χ1v) is 9.09. The maximum absolute atomic E-state index is 13.2. The van der Waals surface area contributed by atoms with Crippen LogP contribution in [0, 0.1) is 0 Å². The number of Topliss-reactive ketones (excluding diaryl/α,β-unsaturated/α-hetero) is 1. The first-order chi connectivity index (χ1) is 12.6. The number of carboxylic acids is 1. The molecule has 1 unspecified atom stereocenters. The number of hydrogen-bond donors (Lipinski definition) is 1. The minimum Gasteiger partial charge on any atom is -0.480 e. The van der Waals surface area contributed by atoms with Crippen LogP contribution in [0.25, 0.3) is 0 Å². The molecule has 1 aliphatic carbocycles. The Bertz CT molecular complexity index is 925. The number of aliphatic carboxylic acids is 1. The minimum atomic E-state index is -1.12. The molecule has 0 saturated carbocycles. The number of anilines is 1. The molecule has 0 aromatic heterocycles. The highest BCUT2D eigenvalue weighted by Gasteiger charge is 2.45. The van der Waals surface area contributed by atoms with E-state index in [9.17, 15) is 9.59 Å². The van der Waals surface area contributed by atoms with Gasteiger partial charge in [-0.1, -0.05) is 35.3 Å². The summed E-state index contributed by atoms with van der Waals surface area (Å²) in [7, 11) is 3.90. The van der Waals surface area contributed by atoms with E-state index in [4.69, 9.17) is 33.0 Å². The zero-order valence-corrected chi connectivity index (χ0v) is 16.7. The van der Waals surface area contributed by atoms with Crippen LogP contribution in [0.2, 0.25) is 10.0 Å². The maximum atomic E-state index is 13.2. The van der Waals surface area contributed by atoms with E-state index >= 15 is 0 Å². The first kappa shape index (κ1) is 19.5. The van der Waals surface area contributed by atoms with Gasteiger partial charge in [0, 0.05) is 25.3 Å². The number of ether oxygens (including phenoxy) is 1. The van der Waals surface area contributed by atoms with E-state index in [0.29, 0.717) is 17.5 Å². The third-order valence-corrected chi connectivity index (χ3v) is 5.75. The van der Waals surface area contributed by atoms with Crippen molar-refractivity contribution in [3.63, 3.8) is 0 Å². The lowest BCUT2D eigenvalue weighted by Crippen LogP contribution is -2.29. The second-order valence-electron chi connectivity index (χ2n) is 7.00. The van der Waals surface area contributed by atoms with Crippen molar-refractivity contribution in [3.05, 3.63) is 57.1 Å². The van der Waals surface area contributed by atoms with Gasteiger partial charge in [-0.2, -0.15) is 0 Å². The Morgan fingerprint density at radius 3 is 2.41 bits per heavy atom. The number of carbonyl (C=O) groups excluding carboxylic acids is 1. The van der Waals surface area contributed by atoms with E-state index in [1.807, 2.05) is 50.2 Å². The molecule has 0 saturated heterocycles. The average Bonchev–Trinajstić information content (AvgIpc) is 2.88. The van der Waals surface area contributed by atoms with Crippen molar-refractivity contribution < 1.29 is 19.4 Å². The molecule has 0 aliphatic heterocycles. The van der Waals surface area contributed by atoms with Gasteiger partial charge in [0.2, 0.25) is 0 Å². The van der Waals surface area contributed by atoms with Crippen LogP contribution in [-0.2, 0) is 16.6 Å². The van der Waals surface area contributed by atoms with Crippen molar-refractivity contribution in [2.45, 2.75) is 18.8 Å². The SMILES string of the molecule is CN(C)c1ccc(C2(C)Cc3cc(OCC(=O)O)c(Cl)c(Cl)c3C2=O)cc1. The number of fused-ring (bicyclic) bond motifs is 1. The van der Waals surface area contributed by atoms with Crippen LogP contribution in [0.5, 0.6) is 5.75 Å². The molecule has 0 spiro atoms. The second kappa shape index (κ2) is 7.06. The van der Waals surface area contributed by atoms with Gasteiger partial charge < -0.3 is 14.7 Å². The predicted molar refractivity (Wildman–Crippen MR) is 106 cm³/mol. The van der Waals surface area contributed by atoms with Crippen LogP contribution in [0.3, 0.4) is 0 Å². The van der Waals surface area contributed by atoms with Crippen LogP contribution in [-0.4, -0.2) is 37.6 Å². The van der Waals surface area contributed by atoms with E-state index in [2.05, 4.69) is 0 Å². The quantitative estimate of drug-likeness (QED) is 0.803. The Balaban J connectivity index is 2.00. The smallest absolute Gasteiger partial charge is 0.341 e. The van der Waals surface area contributed by atoms with Gasteiger partial charge in [-0.25, -0.2) is 4.79 Å². The molecule has 0 fully saturated rings. The van der Waals surface area contributed by atoms with Gasteiger partial charge >= 0.3 is 5.97 Å². The number of rotatable bonds is 5. The lowest BCUT2D eigenvalue weighted by molar-refractivity contribution is -0.139. The lowest BCUT2D eigenvalue weighted by Gasteiger charge is -2.23. The summed E-state index contributed by atoms with van der Waals surface area (Å²) in [5, 5.41) is 8.96. The lowest BCUT2D eigenvalue weighted by atomic mass is 9.79. The van der Waals surface area contributed by atoms with Crippen molar-refractivity contribution in [3.8, 4) is 5.75 Å². The van der Waals surface area contributed by atoms with Gasteiger partial charge in [-0.05, 0) is 42.7 Å². The fourth-order valence-electron chi connectivity index (χ4n) is 3.38. The van der Waals surface area contributed by atoms with Crippen LogP contribution in [0.1, 0.15) is 28.4 Å². The Morgan fingerprint density at radius 2 is 1.85 bits per heavy atom. The molecule has 0 heterocycles. The molecule has 7 heteroatoms. The van der Waals surface area contributed by atoms with Gasteiger partial charge in [-0.15, -0.1) is 0 Å². The molecular weight excluding hydrogens is 389 g/mol. The van der Waals surface area contributed by atoms with Crippen LogP contribution in [0.4, 0.5) is 5.69 Å². The Kier molecular flexibility index (Phi) is 5.10. The normalized spacial score (nSPS) is 18.3. The minimum absolute atomic E-state index is 0.0530. The molecular formula is C20H19Cl2NO4. The molecule has 3 rings (SSSR count). The highest BCUT2D eigenvalue weighted by molar-refractivity contribution is 6.45. The summed E-state index contributed by atoms with van der Waals surface area (Å²) in [5.74, 6) is -1.06. The molecule has 2 aromatic rings. The number of carbonyl (C=O) groups is 2. The summed E-state index contributed by atoms with van der Waals surface area (Å²) in [6.07, 6.45) is 0.433. The monoisotopic (exact) mass is 407 g/mol. The molecule has 0 amide bonds. The zero-order valence-electron chi connectivity index (χ0n) is 15.2. The second-order valence-corrected chi connectivity index (χ2v) is 7.75. The maximum Gasteiger partial charge on any atom is 0.341 e. The van der Waals surface area contributed by atoms with E-state index in [1.54, 1.807) is 6.07 Å². The summed E-state index contributed by atoms with van der Waals surface area (Å²) >= 11 is 12.6. The van der Waals surface area contributed by atoms with Gasteiger partial charge in [0.05, 0.1) is 10.4 Å². The number of ketones is 1. The Morgan fingerprint density at radius 1 is 1.22 bits per heavy atom. The number of benzene rings is 2. The van der Waals surface area contributed by atoms with E-state index in [-0.39, 0.29) is 21.6 Å². The van der Waals surface area contributed by atoms with Crippen molar-refractivity contribution in [2.24, 2.45) is 0 Å². The van der Waals surface area contributed by atoms with Gasteiger partial charge in [0.1, 0.15) is 10.8 Å².